The summed E-state index contributed by atoms with van der Waals surface area (Å²) in [5.41, 5.74) is 5.93. The summed E-state index contributed by atoms with van der Waals surface area (Å²) >= 11 is 0. The molecule has 2 atom stereocenters. The van der Waals surface area contributed by atoms with Gasteiger partial charge in [-0.25, -0.2) is 5.43 Å². The number of carbonyl (C=O) groups excluding carboxylic acids is 1. The lowest BCUT2D eigenvalue weighted by Gasteiger charge is -2.35. The molecule has 6 nitrogen and oxygen atoms in total. The van der Waals surface area contributed by atoms with E-state index < -0.39 is 0 Å². The molecule has 1 aliphatic carbocycles. The quantitative estimate of drug-likeness (QED) is 0.349. The summed E-state index contributed by atoms with van der Waals surface area (Å²) in [5, 5.41) is 5.72. The van der Waals surface area contributed by atoms with E-state index in [9.17, 15) is 4.79 Å². The number of amides is 1. The van der Waals surface area contributed by atoms with Crippen LogP contribution in [0.5, 0.6) is 0 Å². The van der Waals surface area contributed by atoms with E-state index in [1.807, 2.05) is 0 Å². The zero-order valence-corrected chi connectivity index (χ0v) is 9.96. The first-order valence-corrected chi connectivity index (χ1v) is 5.36. The molecule has 1 unspecified atom stereocenters. The number of hydrogen-bond donors (Lipinski definition) is 4. The van der Waals surface area contributed by atoms with Gasteiger partial charge in [-0.3, -0.25) is 4.79 Å². The van der Waals surface area contributed by atoms with E-state index in [-0.39, 0.29) is 18.1 Å². The molecule has 1 amide bonds. The molecule has 4 N–H and O–H groups in total. The highest BCUT2D eigenvalue weighted by atomic mass is 16.5. The summed E-state index contributed by atoms with van der Waals surface area (Å²) in [5.74, 6) is -0.143. The van der Waals surface area contributed by atoms with Gasteiger partial charge < -0.3 is 20.8 Å². The van der Waals surface area contributed by atoms with Crippen molar-refractivity contribution >= 4 is 5.91 Å². The average Bonchev–Trinajstić information content (AvgIpc) is 2.24. The van der Waals surface area contributed by atoms with Crippen molar-refractivity contribution in [2.24, 2.45) is 0 Å². The number of ether oxygens (including phenoxy) is 1. The maximum atomic E-state index is 11.8. The van der Waals surface area contributed by atoms with Crippen LogP contribution in [0.4, 0.5) is 0 Å². The molecule has 0 aromatic heterocycles. The van der Waals surface area contributed by atoms with E-state index in [0.717, 1.165) is 12.8 Å². The minimum Gasteiger partial charge on any atom is -0.392 e. The van der Waals surface area contributed by atoms with Crippen molar-refractivity contribution in [3.63, 3.8) is 0 Å². The lowest BCUT2D eigenvalue weighted by Crippen LogP contribution is -2.53. The third-order valence-corrected chi connectivity index (χ3v) is 2.62. The van der Waals surface area contributed by atoms with Gasteiger partial charge >= 0.3 is 0 Å². The molecular weight excluding hydrogens is 208 g/mol. The van der Waals surface area contributed by atoms with Gasteiger partial charge in [0.15, 0.2) is 0 Å². The molecule has 0 saturated heterocycles. The SMILES string of the molecule is CN/C=C(\NNC)C(=O)NC1CC[C@@H]1OC. The number of nitrogens with one attached hydrogen (secondary N) is 4. The fourth-order valence-corrected chi connectivity index (χ4v) is 1.60. The first-order chi connectivity index (χ1) is 7.72. The lowest BCUT2D eigenvalue weighted by atomic mass is 9.89. The summed E-state index contributed by atoms with van der Waals surface area (Å²) in [6, 6.07) is 0.122. The predicted octanol–water partition coefficient (Wildman–Crippen LogP) is -0.935. The molecule has 1 aliphatic rings. The monoisotopic (exact) mass is 228 g/mol. The second kappa shape index (κ2) is 6.34. The fraction of sp³-hybridized carbons (Fsp3) is 0.700. The number of methoxy groups -OCH3 is 1. The van der Waals surface area contributed by atoms with Gasteiger partial charge in [0.2, 0.25) is 0 Å². The topological polar surface area (TPSA) is 74.4 Å². The van der Waals surface area contributed by atoms with Crippen LogP contribution in [0.3, 0.4) is 0 Å². The molecule has 0 radical (unpaired) electrons. The van der Waals surface area contributed by atoms with Gasteiger partial charge in [-0.15, -0.1) is 0 Å². The second-order valence-electron chi connectivity index (χ2n) is 3.65. The Kier molecular flexibility index (Phi) is 5.07. The fourth-order valence-electron chi connectivity index (χ4n) is 1.60. The van der Waals surface area contributed by atoms with Crippen LogP contribution in [-0.4, -0.2) is 39.3 Å². The number of hydrazine groups is 1. The van der Waals surface area contributed by atoms with Crippen molar-refractivity contribution in [3.8, 4) is 0 Å². The van der Waals surface area contributed by atoms with Crippen LogP contribution in [-0.2, 0) is 9.53 Å². The van der Waals surface area contributed by atoms with Gasteiger partial charge in [-0.2, -0.15) is 0 Å². The number of hydrogen-bond acceptors (Lipinski definition) is 5. The smallest absolute Gasteiger partial charge is 0.270 e. The van der Waals surface area contributed by atoms with Crippen LogP contribution >= 0.6 is 0 Å². The molecule has 0 aromatic carbocycles. The van der Waals surface area contributed by atoms with E-state index in [4.69, 9.17) is 4.74 Å². The van der Waals surface area contributed by atoms with Crippen LogP contribution in [0, 0.1) is 0 Å². The Labute approximate surface area is 95.8 Å². The number of carbonyl (C=O) groups is 1. The van der Waals surface area contributed by atoms with Gasteiger partial charge in [-0.05, 0) is 12.8 Å². The Morgan fingerprint density at radius 2 is 2.12 bits per heavy atom. The highest BCUT2D eigenvalue weighted by Gasteiger charge is 2.32. The van der Waals surface area contributed by atoms with E-state index in [0.29, 0.717) is 5.70 Å². The average molecular weight is 228 g/mol. The lowest BCUT2D eigenvalue weighted by molar-refractivity contribution is -0.121. The van der Waals surface area contributed by atoms with Crippen molar-refractivity contribution in [3.05, 3.63) is 11.9 Å². The van der Waals surface area contributed by atoms with Crippen molar-refractivity contribution < 1.29 is 9.53 Å². The van der Waals surface area contributed by atoms with Crippen LogP contribution in [0.2, 0.25) is 0 Å². The Balaban J connectivity index is 2.46. The summed E-state index contributed by atoms with van der Waals surface area (Å²) in [6.45, 7) is 0. The third kappa shape index (κ3) is 3.11. The van der Waals surface area contributed by atoms with E-state index >= 15 is 0 Å². The van der Waals surface area contributed by atoms with E-state index in [2.05, 4.69) is 21.5 Å². The summed E-state index contributed by atoms with van der Waals surface area (Å²) in [6.07, 6.45) is 3.73. The standard InChI is InChI=1S/C10H20N4O2/c1-11-6-8(14-12-2)10(15)13-7-4-5-9(7)16-3/h6-7,9,11-12,14H,4-5H2,1-3H3,(H,13,15)/b8-6-/t7?,9-/m0/s1. The Morgan fingerprint density at radius 3 is 2.56 bits per heavy atom. The van der Waals surface area contributed by atoms with Crippen LogP contribution in [0.15, 0.2) is 11.9 Å². The Morgan fingerprint density at radius 1 is 1.38 bits per heavy atom. The molecule has 0 aromatic rings. The van der Waals surface area contributed by atoms with Crippen molar-refractivity contribution in [2.75, 3.05) is 21.2 Å². The Bertz CT molecular complexity index is 266. The summed E-state index contributed by atoms with van der Waals surface area (Å²) < 4.78 is 5.21. The second-order valence-corrected chi connectivity index (χ2v) is 3.65. The maximum absolute atomic E-state index is 11.8. The van der Waals surface area contributed by atoms with Crippen molar-refractivity contribution in [1.82, 2.24) is 21.5 Å². The summed E-state index contributed by atoms with van der Waals surface area (Å²) in [4.78, 5) is 11.8. The zero-order valence-electron chi connectivity index (χ0n) is 9.96. The van der Waals surface area contributed by atoms with Crippen molar-refractivity contribution in [2.45, 2.75) is 25.0 Å². The van der Waals surface area contributed by atoms with Crippen LogP contribution in [0.1, 0.15) is 12.8 Å². The molecule has 0 bridgehead atoms. The largest absolute Gasteiger partial charge is 0.392 e. The normalized spacial score (nSPS) is 24.6. The minimum atomic E-state index is -0.143. The molecule has 92 valence electrons. The predicted molar refractivity (Wildman–Crippen MR) is 61.3 cm³/mol. The zero-order chi connectivity index (χ0) is 12.0. The molecule has 1 saturated carbocycles. The van der Waals surface area contributed by atoms with Gasteiger partial charge in [-0.1, -0.05) is 0 Å². The van der Waals surface area contributed by atoms with Crippen LogP contribution < -0.4 is 21.5 Å². The highest BCUT2D eigenvalue weighted by molar-refractivity contribution is 5.92. The number of rotatable bonds is 6. The van der Waals surface area contributed by atoms with Gasteiger partial charge in [0.05, 0.1) is 12.1 Å². The molecule has 0 heterocycles. The molecule has 1 fully saturated rings. The third-order valence-electron chi connectivity index (χ3n) is 2.62. The van der Waals surface area contributed by atoms with Crippen molar-refractivity contribution in [1.29, 1.82) is 0 Å². The van der Waals surface area contributed by atoms with E-state index in [1.54, 1.807) is 27.4 Å². The van der Waals surface area contributed by atoms with E-state index in [1.165, 1.54) is 0 Å². The molecule has 0 aliphatic heterocycles. The summed E-state index contributed by atoms with van der Waals surface area (Å²) in [7, 11) is 5.11. The molecule has 16 heavy (non-hydrogen) atoms. The Hall–Kier alpha value is -1.27. The van der Waals surface area contributed by atoms with Gasteiger partial charge in [0.25, 0.3) is 5.91 Å². The van der Waals surface area contributed by atoms with Gasteiger partial charge in [0.1, 0.15) is 5.70 Å². The van der Waals surface area contributed by atoms with Gasteiger partial charge in [0, 0.05) is 27.4 Å². The first kappa shape index (κ1) is 12.8. The van der Waals surface area contributed by atoms with Crippen LogP contribution in [0.25, 0.3) is 0 Å². The highest BCUT2D eigenvalue weighted by Crippen LogP contribution is 2.22. The molecule has 0 spiro atoms. The molecule has 6 heteroatoms. The minimum absolute atomic E-state index is 0.122. The molecule has 1 rings (SSSR count). The first-order valence-electron chi connectivity index (χ1n) is 5.36. The maximum Gasteiger partial charge on any atom is 0.270 e. The molecular formula is C10H20N4O2.